The molecule has 0 saturated carbocycles. The number of aliphatic hydroxyl groups is 1. The molecule has 2 heterocycles. The molecule has 1 aliphatic heterocycles. The fourth-order valence-corrected chi connectivity index (χ4v) is 4.14. The lowest BCUT2D eigenvalue weighted by Gasteiger charge is -2.34. The number of nitrogens with zero attached hydrogens (tertiary/aromatic N) is 2. The molecule has 0 radical (unpaired) electrons. The summed E-state index contributed by atoms with van der Waals surface area (Å²) in [5, 5.41) is 11.5. The van der Waals surface area contributed by atoms with Gasteiger partial charge in [0.2, 0.25) is 5.88 Å². The van der Waals surface area contributed by atoms with Crippen LogP contribution in [0.25, 0.3) is 0 Å². The van der Waals surface area contributed by atoms with Crippen molar-refractivity contribution >= 4 is 12.1 Å². The predicted molar refractivity (Wildman–Crippen MR) is 116 cm³/mol. The number of carbonyl (C=O) groups is 2. The minimum Gasteiger partial charge on any atom is -0.475 e. The molecule has 0 aromatic carbocycles. The molecule has 4 atom stereocenters. The van der Waals surface area contributed by atoms with Crippen LogP contribution in [0.2, 0.25) is 0 Å². The number of aliphatic hydroxyl groups excluding tert-OH is 1. The molecule has 0 bridgehead atoms. The second-order valence-corrected chi connectivity index (χ2v) is 9.43. The molecule has 8 nitrogen and oxygen atoms in total. The van der Waals surface area contributed by atoms with E-state index in [1.807, 2.05) is 34.6 Å². The maximum Gasteiger partial charge on any atom is 0.411 e. The van der Waals surface area contributed by atoms with Gasteiger partial charge in [0, 0.05) is 17.7 Å². The molecule has 0 spiro atoms. The molecular formula is C23H36N2O6. The standard InChI is InChI=1S/C23H36N2O6/c1-9-29-21(27)18-16(23(6,7)8)19(26)17(25(18)22(28)31-14(4)5)15-11-10-12-24-20(15)30-13(2)3/h10-14,16-19,26H,9H2,1-8H3/t16-,17+,18+,19+/m1/s1. The van der Waals surface area contributed by atoms with Crippen LogP contribution in [-0.2, 0) is 14.3 Å². The van der Waals surface area contributed by atoms with Gasteiger partial charge in [0.1, 0.15) is 6.04 Å². The number of pyridine rings is 1. The van der Waals surface area contributed by atoms with Gasteiger partial charge in [0.05, 0.1) is 31.0 Å². The lowest BCUT2D eigenvalue weighted by Crippen LogP contribution is -2.48. The molecule has 1 N–H and O–H groups in total. The molecule has 1 saturated heterocycles. The summed E-state index contributed by atoms with van der Waals surface area (Å²) in [6, 6.07) is 1.57. The van der Waals surface area contributed by atoms with Gasteiger partial charge in [-0.2, -0.15) is 0 Å². The predicted octanol–water partition coefficient (Wildman–Crippen LogP) is 3.73. The van der Waals surface area contributed by atoms with Crippen LogP contribution in [0.15, 0.2) is 18.3 Å². The summed E-state index contributed by atoms with van der Waals surface area (Å²) in [5.41, 5.74) is 0.00826. The molecule has 1 aromatic rings. The van der Waals surface area contributed by atoms with E-state index in [0.29, 0.717) is 11.4 Å². The average molecular weight is 437 g/mol. The van der Waals surface area contributed by atoms with E-state index < -0.39 is 47.7 Å². The Morgan fingerprint density at radius 3 is 2.35 bits per heavy atom. The summed E-state index contributed by atoms with van der Waals surface area (Å²) in [6.07, 6.45) is -0.732. The van der Waals surface area contributed by atoms with Crippen molar-refractivity contribution in [2.45, 2.75) is 85.8 Å². The molecule has 0 unspecified atom stereocenters. The molecule has 1 aromatic heterocycles. The largest absolute Gasteiger partial charge is 0.475 e. The first-order chi connectivity index (χ1) is 14.4. The van der Waals surface area contributed by atoms with E-state index in [9.17, 15) is 14.7 Å². The first kappa shape index (κ1) is 24.9. The summed E-state index contributed by atoms with van der Waals surface area (Å²) in [4.78, 5) is 31.9. The highest BCUT2D eigenvalue weighted by molar-refractivity contribution is 5.83. The molecular weight excluding hydrogens is 400 g/mol. The third-order valence-corrected chi connectivity index (χ3v) is 5.17. The maximum absolute atomic E-state index is 13.2. The molecule has 31 heavy (non-hydrogen) atoms. The molecule has 2 rings (SSSR count). The number of amides is 1. The van der Waals surface area contributed by atoms with Crippen LogP contribution in [0, 0.1) is 11.3 Å². The summed E-state index contributed by atoms with van der Waals surface area (Å²) < 4.78 is 16.7. The van der Waals surface area contributed by atoms with Crippen molar-refractivity contribution < 1.29 is 28.9 Å². The normalized spacial score (nSPS) is 23.9. The van der Waals surface area contributed by atoms with E-state index >= 15 is 0 Å². The smallest absolute Gasteiger partial charge is 0.411 e. The Hall–Kier alpha value is -2.35. The maximum atomic E-state index is 13.2. The SMILES string of the molecule is CCOC(=O)[C@@H]1[C@@H](C(C)(C)C)[C@H](O)[C@H](c2cccnc2OC(C)C)N1C(=O)OC(C)C. The third-order valence-electron chi connectivity index (χ3n) is 5.17. The van der Waals surface area contributed by atoms with Crippen molar-refractivity contribution in [3.05, 3.63) is 23.9 Å². The van der Waals surface area contributed by atoms with Gasteiger partial charge in [0.15, 0.2) is 0 Å². The molecule has 1 fully saturated rings. The van der Waals surface area contributed by atoms with Crippen molar-refractivity contribution in [1.82, 2.24) is 9.88 Å². The van der Waals surface area contributed by atoms with Gasteiger partial charge in [-0.15, -0.1) is 0 Å². The van der Waals surface area contributed by atoms with Crippen molar-refractivity contribution in [3.8, 4) is 5.88 Å². The van der Waals surface area contributed by atoms with Gasteiger partial charge in [-0.3, -0.25) is 4.90 Å². The van der Waals surface area contributed by atoms with E-state index in [1.54, 1.807) is 39.1 Å². The Labute approximate surface area is 184 Å². The highest BCUT2D eigenvalue weighted by atomic mass is 16.6. The Kier molecular flexibility index (Phi) is 7.92. The highest BCUT2D eigenvalue weighted by Gasteiger charge is 2.59. The Morgan fingerprint density at radius 1 is 1.19 bits per heavy atom. The third kappa shape index (κ3) is 5.47. The lowest BCUT2D eigenvalue weighted by atomic mass is 9.74. The number of carbonyl (C=O) groups excluding carboxylic acids is 2. The molecule has 1 amide bonds. The van der Waals surface area contributed by atoms with Gasteiger partial charge in [0.25, 0.3) is 0 Å². The molecule has 1 aliphatic rings. The molecule has 0 aliphatic carbocycles. The van der Waals surface area contributed by atoms with Crippen molar-refractivity contribution in [2.75, 3.05) is 6.61 Å². The van der Waals surface area contributed by atoms with Gasteiger partial charge in [-0.05, 0) is 52.2 Å². The van der Waals surface area contributed by atoms with Crippen LogP contribution in [-0.4, -0.2) is 58.0 Å². The first-order valence-electron chi connectivity index (χ1n) is 10.8. The van der Waals surface area contributed by atoms with Crippen LogP contribution in [0.1, 0.15) is 67.0 Å². The van der Waals surface area contributed by atoms with Crippen molar-refractivity contribution in [1.29, 1.82) is 0 Å². The van der Waals surface area contributed by atoms with Crippen LogP contribution >= 0.6 is 0 Å². The fourth-order valence-electron chi connectivity index (χ4n) is 4.14. The summed E-state index contributed by atoms with van der Waals surface area (Å²) in [5.74, 6) is -0.857. The summed E-state index contributed by atoms with van der Waals surface area (Å²) in [7, 11) is 0. The average Bonchev–Trinajstić information content (AvgIpc) is 2.94. The zero-order valence-corrected chi connectivity index (χ0v) is 19.8. The van der Waals surface area contributed by atoms with Crippen molar-refractivity contribution in [3.63, 3.8) is 0 Å². The van der Waals surface area contributed by atoms with Gasteiger partial charge in [-0.1, -0.05) is 20.8 Å². The van der Waals surface area contributed by atoms with E-state index in [4.69, 9.17) is 14.2 Å². The van der Waals surface area contributed by atoms with E-state index in [2.05, 4.69) is 4.98 Å². The van der Waals surface area contributed by atoms with E-state index in [-0.39, 0.29) is 12.7 Å². The zero-order chi connectivity index (χ0) is 23.5. The van der Waals surface area contributed by atoms with E-state index in [1.165, 1.54) is 4.90 Å². The van der Waals surface area contributed by atoms with Gasteiger partial charge >= 0.3 is 12.1 Å². The number of likely N-dealkylation sites (tertiary alicyclic amines) is 1. The molecule has 8 heteroatoms. The first-order valence-corrected chi connectivity index (χ1v) is 10.8. The monoisotopic (exact) mass is 436 g/mol. The minimum atomic E-state index is -1.06. The van der Waals surface area contributed by atoms with Crippen LogP contribution in [0.3, 0.4) is 0 Å². The quantitative estimate of drug-likeness (QED) is 0.679. The fraction of sp³-hybridized carbons (Fsp3) is 0.696. The number of hydrogen-bond donors (Lipinski definition) is 1. The van der Waals surface area contributed by atoms with Crippen LogP contribution < -0.4 is 4.74 Å². The van der Waals surface area contributed by atoms with Crippen LogP contribution in [0.5, 0.6) is 5.88 Å². The number of rotatable bonds is 6. The Balaban J connectivity index is 2.69. The van der Waals surface area contributed by atoms with Gasteiger partial charge in [-0.25, -0.2) is 14.6 Å². The minimum absolute atomic E-state index is 0.161. The second kappa shape index (κ2) is 9.85. The summed E-state index contributed by atoms with van der Waals surface area (Å²) >= 11 is 0. The van der Waals surface area contributed by atoms with Crippen LogP contribution in [0.4, 0.5) is 4.79 Å². The van der Waals surface area contributed by atoms with Crippen molar-refractivity contribution in [2.24, 2.45) is 11.3 Å². The number of esters is 1. The lowest BCUT2D eigenvalue weighted by molar-refractivity contribution is -0.151. The highest BCUT2D eigenvalue weighted by Crippen LogP contribution is 2.49. The van der Waals surface area contributed by atoms with E-state index in [0.717, 1.165) is 0 Å². The summed E-state index contributed by atoms with van der Waals surface area (Å²) in [6.45, 7) is 14.9. The Bertz CT molecular complexity index is 774. The zero-order valence-electron chi connectivity index (χ0n) is 19.8. The topological polar surface area (TPSA) is 98.2 Å². The number of aromatic nitrogens is 1. The number of ether oxygens (including phenoxy) is 3. The molecule has 174 valence electrons. The second-order valence-electron chi connectivity index (χ2n) is 9.43. The number of hydrogen-bond acceptors (Lipinski definition) is 7. The van der Waals surface area contributed by atoms with Gasteiger partial charge < -0.3 is 19.3 Å². The Morgan fingerprint density at radius 2 is 1.84 bits per heavy atom.